The van der Waals surface area contributed by atoms with E-state index in [1.165, 1.54) is 7.11 Å². The van der Waals surface area contributed by atoms with Crippen molar-refractivity contribution in [2.24, 2.45) is 0 Å². The molecule has 0 heterocycles. The van der Waals surface area contributed by atoms with Gasteiger partial charge in [0.25, 0.3) is 0 Å². The normalized spacial score (nSPS) is 10.0. The minimum atomic E-state index is -0.867. The largest absolute Gasteiger partial charge is 0.495 e. The molecule has 5 heteroatoms. The van der Waals surface area contributed by atoms with E-state index in [-0.39, 0.29) is 6.54 Å². The van der Waals surface area contributed by atoms with Crippen LogP contribution < -0.4 is 4.74 Å². The number of benzene rings is 1. The summed E-state index contributed by atoms with van der Waals surface area (Å²) in [5.41, 5.74) is 1.38. The third-order valence-electron chi connectivity index (χ3n) is 2.24. The van der Waals surface area contributed by atoms with E-state index in [0.717, 1.165) is 5.56 Å². The van der Waals surface area contributed by atoms with Crippen LogP contribution in [0.5, 0.6) is 5.75 Å². The number of ether oxygens (including phenoxy) is 1. The van der Waals surface area contributed by atoms with Crippen molar-refractivity contribution in [3.63, 3.8) is 0 Å². The molecule has 0 spiro atoms. The molecule has 5 nitrogen and oxygen atoms in total. The lowest BCUT2D eigenvalue weighted by Crippen LogP contribution is -2.25. The van der Waals surface area contributed by atoms with Crippen molar-refractivity contribution in [1.29, 1.82) is 5.26 Å². The Kier molecular flexibility index (Phi) is 4.49. The molecule has 0 radical (unpaired) electrons. The van der Waals surface area contributed by atoms with E-state index in [1.807, 2.05) is 6.07 Å². The fourth-order valence-corrected chi connectivity index (χ4v) is 1.52. The number of carboxylic acid groups (broad SMARTS) is 1. The van der Waals surface area contributed by atoms with E-state index in [2.05, 4.69) is 0 Å². The van der Waals surface area contributed by atoms with Crippen LogP contribution in [0.25, 0.3) is 0 Å². The van der Waals surface area contributed by atoms with E-state index >= 15 is 0 Å². The average molecular weight is 234 g/mol. The van der Waals surface area contributed by atoms with Gasteiger partial charge in [-0.1, -0.05) is 6.07 Å². The van der Waals surface area contributed by atoms with Gasteiger partial charge >= 0.3 is 5.97 Å². The number of aliphatic carboxylic acids is 1. The molecular formula is C12H14N2O3. The first-order chi connectivity index (χ1) is 8.06. The molecule has 90 valence electrons. The zero-order chi connectivity index (χ0) is 12.8. The van der Waals surface area contributed by atoms with E-state index in [4.69, 9.17) is 15.1 Å². The number of carboxylic acids is 1. The van der Waals surface area contributed by atoms with Crippen LogP contribution in [0.1, 0.15) is 11.1 Å². The highest BCUT2D eigenvalue weighted by Crippen LogP contribution is 2.19. The summed E-state index contributed by atoms with van der Waals surface area (Å²) in [7, 11) is 3.22. The Morgan fingerprint density at radius 3 is 2.82 bits per heavy atom. The second-order valence-corrected chi connectivity index (χ2v) is 3.71. The highest BCUT2D eigenvalue weighted by atomic mass is 16.5. The summed E-state index contributed by atoms with van der Waals surface area (Å²) in [5.74, 6) is -0.359. The fraction of sp³-hybridized carbons (Fsp3) is 0.333. The van der Waals surface area contributed by atoms with E-state index < -0.39 is 5.97 Å². The smallest absolute Gasteiger partial charge is 0.317 e. The number of likely N-dealkylation sites (N-methyl/N-ethyl adjacent to an activating group) is 1. The second-order valence-electron chi connectivity index (χ2n) is 3.71. The number of hydrogen-bond acceptors (Lipinski definition) is 4. The van der Waals surface area contributed by atoms with Crippen LogP contribution in [-0.4, -0.2) is 36.7 Å². The predicted molar refractivity (Wildman–Crippen MR) is 61.7 cm³/mol. The molecule has 0 fully saturated rings. The molecule has 0 aromatic heterocycles. The first-order valence-electron chi connectivity index (χ1n) is 5.04. The van der Waals surface area contributed by atoms with Crippen LogP contribution in [0.4, 0.5) is 0 Å². The number of hydrogen-bond donors (Lipinski definition) is 1. The fourth-order valence-electron chi connectivity index (χ4n) is 1.52. The highest BCUT2D eigenvalue weighted by molar-refractivity contribution is 5.69. The Morgan fingerprint density at radius 1 is 1.59 bits per heavy atom. The maximum atomic E-state index is 10.5. The van der Waals surface area contributed by atoms with Crippen LogP contribution in [0.3, 0.4) is 0 Å². The topological polar surface area (TPSA) is 73.6 Å². The van der Waals surface area contributed by atoms with Crippen LogP contribution in [0.2, 0.25) is 0 Å². The van der Waals surface area contributed by atoms with Crippen LogP contribution in [0, 0.1) is 11.3 Å². The molecule has 1 aromatic carbocycles. The summed E-state index contributed by atoms with van der Waals surface area (Å²) in [6, 6.07) is 7.23. The van der Waals surface area contributed by atoms with Crippen molar-refractivity contribution >= 4 is 5.97 Å². The molecule has 0 saturated heterocycles. The third kappa shape index (κ3) is 3.78. The SMILES string of the molecule is COc1cc(CN(C)CC(=O)O)ccc1C#N. The summed E-state index contributed by atoms with van der Waals surface area (Å²) < 4.78 is 5.08. The molecule has 0 aliphatic rings. The number of rotatable bonds is 5. The van der Waals surface area contributed by atoms with E-state index in [0.29, 0.717) is 17.9 Å². The minimum Gasteiger partial charge on any atom is -0.495 e. The van der Waals surface area contributed by atoms with Crippen molar-refractivity contribution < 1.29 is 14.6 Å². The second kappa shape index (κ2) is 5.87. The average Bonchev–Trinajstić information content (AvgIpc) is 2.27. The van der Waals surface area contributed by atoms with Gasteiger partial charge in [-0.05, 0) is 24.7 Å². The van der Waals surface area contributed by atoms with Crippen molar-refractivity contribution in [3.05, 3.63) is 29.3 Å². The highest BCUT2D eigenvalue weighted by Gasteiger charge is 2.08. The van der Waals surface area contributed by atoms with E-state index in [9.17, 15) is 4.79 Å². The Morgan fingerprint density at radius 2 is 2.29 bits per heavy atom. The quantitative estimate of drug-likeness (QED) is 0.825. The summed E-state index contributed by atoms with van der Waals surface area (Å²) in [6.45, 7) is 0.469. The standard InChI is InChI=1S/C12H14N2O3/c1-14(8-12(15)16)7-9-3-4-10(6-13)11(5-9)17-2/h3-5H,7-8H2,1-2H3,(H,15,16). The minimum absolute atomic E-state index is 0.0255. The van der Waals surface area contributed by atoms with Gasteiger partial charge in [-0.3, -0.25) is 9.69 Å². The van der Waals surface area contributed by atoms with Gasteiger partial charge in [0.1, 0.15) is 11.8 Å². The van der Waals surface area contributed by atoms with Gasteiger partial charge in [0, 0.05) is 6.54 Å². The molecule has 1 aromatic rings. The zero-order valence-electron chi connectivity index (χ0n) is 9.80. The Bertz CT molecular complexity index is 452. The molecule has 0 saturated carbocycles. The summed E-state index contributed by atoms with van der Waals surface area (Å²) in [6.07, 6.45) is 0. The van der Waals surface area contributed by atoms with Crippen molar-refractivity contribution in [2.45, 2.75) is 6.54 Å². The summed E-state index contributed by atoms with van der Waals surface area (Å²) in [5, 5.41) is 17.5. The molecule has 0 bridgehead atoms. The maximum absolute atomic E-state index is 10.5. The molecule has 0 unspecified atom stereocenters. The van der Waals surface area contributed by atoms with Crippen LogP contribution >= 0.6 is 0 Å². The van der Waals surface area contributed by atoms with Crippen molar-refractivity contribution in [3.8, 4) is 11.8 Å². The van der Waals surface area contributed by atoms with Crippen molar-refractivity contribution in [2.75, 3.05) is 20.7 Å². The molecule has 1 rings (SSSR count). The van der Waals surface area contributed by atoms with Gasteiger partial charge in [0.05, 0.1) is 19.2 Å². The first-order valence-corrected chi connectivity index (χ1v) is 5.04. The van der Waals surface area contributed by atoms with Gasteiger partial charge in [-0.15, -0.1) is 0 Å². The monoisotopic (exact) mass is 234 g/mol. The van der Waals surface area contributed by atoms with Crippen LogP contribution in [-0.2, 0) is 11.3 Å². The third-order valence-corrected chi connectivity index (χ3v) is 2.24. The molecule has 0 atom stereocenters. The lowest BCUT2D eigenvalue weighted by Gasteiger charge is -2.14. The van der Waals surface area contributed by atoms with E-state index in [1.54, 1.807) is 30.1 Å². The van der Waals surface area contributed by atoms with Gasteiger partial charge in [0.15, 0.2) is 0 Å². The molecule has 17 heavy (non-hydrogen) atoms. The van der Waals surface area contributed by atoms with Gasteiger partial charge in [0.2, 0.25) is 0 Å². The Balaban J connectivity index is 2.79. The van der Waals surface area contributed by atoms with Gasteiger partial charge in [-0.25, -0.2) is 0 Å². The van der Waals surface area contributed by atoms with Crippen LogP contribution in [0.15, 0.2) is 18.2 Å². The number of nitrogens with zero attached hydrogens (tertiary/aromatic N) is 2. The number of nitriles is 1. The molecule has 0 amide bonds. The summed E-state index contributed by atoms with van der Waals surface area (Å²) >= 11 is 0. The lowest BCUT2D eigenvalue weighted by atomic mass is 10.1. The Hall–Kier alpha value is -2.06. The van der Waals surface area contributed by atoms with Gasteiger partial charge in [-0.2, -0.15) is 5.26 Å². The number of carbonyl (C=O) groups is 1. The molecule has 0 aliphatic carbocycles. The lowest BCUT2D eigenvalue weighted by molar-refractivity contribution is -0.138. The zero-order valence-corrected chi connectivity index (χ0v) is 9.80. The summed E-state index contributed by atoms with van der Waals surface area (Å²) in [4.78, 5) is 12.2. The van der Waals surface area contributed by atoms with Gasteiger partial charge < -0.3 is 9.84 Å². The molecule has 0 aliphatic heterocycles. The Labute approximate surface area is 99.8 Å². The predicted octanol–water partition coefficient (Wildman–Crippen LogP) is 1.08. The number of methoxy groups -OCH3 is 1. The first kappa shape index (κ1) is 13.0. The molecule has 1 N–H and O–H groups in total. The molecular weight excluding hydrogens is 220 g/mol. The maximum Gasteiger partial charge on any atom is 0.317 e. The van der Waals surface area contributed by atoms with Crippen molar-refractivity contribution in [1.82, 2.24) is 4.90 Å².